The van der Waals surface area contributed by atoms with Crippen LogP contribution in [-0.4, -0.2) is 93.4 Å². The topological polar surface area (TPSA) is 310 Å². The number of anilines is 5. The number of nitrogens with zero attached hydrogens (tertiary/aromatic N) is 3. The Morgan fingerprint density at radius 1 is 0.979 bits per heavy atom. The average Bonchev–Trinajstić information content (AvgIpc) is 3.59. The zero-order valence-electron chi connectivity index (χ0n) is 26.5. The molecule has 1 aromatic heterocycles. The van der Waals surface area contributed by atoms with Crippen molar-refractivity contribution in [1.29, 1.82) is 0 Å². The minimum atomic E-state index is -1.99. The second-order valence-electron chi connectivity index (χ2n) is 9.83. The number of aliphatic carboxylic acids is 2. The van der Waals surface area contributed by atoms with E-state index in [0.717, 1.165) is 0 Å². The summed E-state index contributed by atoms with van der Waals surface area (Å²) in [4.78, 5) is 39.9. The van der Waals surface area contributed by atoms with Gasteiger partial charge in [0.25, 0.3) is 0 Å². The number of carboxylic acid groups (broad SMARTS) is 2. The molecule has 3 heterocycles. The summed E-state index contributed by atoms with van der Waals surface area (Å²) < 4.78 is 0. The van der Waals surface area contributed by atoms with Crippen LogP contribution in [-0.2, 0) is 14.5 Å². The number of hydrogen-bond donors (Lipinski definition) is 11. The number of rotatable bonds is 17. The van der Waals surface area contributed by atoms with Crippen LogP contribution >= 0.6 is 0 Å². The normalized spacial score (nSPS) is 23.1. The van der Waals surface area contributed by atoms with Crippen LogP contribution in [0.4, 0.5) is 29.2 Å². The van der Waals surface area contributed by atoms with Crippen LogP contribution in [0.3, 0.4) is 0 Å². The molecule has 240 valence electrons. The third-order valence-corrected chi connectivity index (χ3v) is 6.67. The third-order valence-electron chi connectivity index (χ3n) is 6.67. The van der Waals surface area contributed by atoms with Gasteiger partial charge in [-0.25, -0.2) is 0 Å². The van der Waals surface area contributed by atoms with E-state index in [4.69, 9.17) is 5.11 Å². The van der Waals surface area contributed by atoms with E-state index in [9.17, 15) is 30.2 Å². The Labute approximate surface area is 397 Å². The van der Waals surface area contributed by atoms with Gasteiger partial charge in [-0.1, -0.05) is 6.58 Å². The summed E-state index contributed by atoms with van der Waals surface area (Å²) >= 11 is 0. The number of aromatic nitrogens is 3. The monoisotopic (exact) mass is 734 g/mol. The van der Waals surface area contributed by atoms with Crippen LogP contribution in [0.2, 0.25) is 0 Å². The van der Waals surface area contributed by atoms with E-state index < -0.39 is 48.3 Å². The third kappa shape index (κ3) is 12.3. The van der Waals surface area contributed by atoms with Gasteiger partial charge in [0.1, 0.15) is 23.9 Å². The molecule has 23 heteroatoms. The van der Waals surface area contributed by atoms with E-state index in [1.54, 1.807) is 31.2 Å². The van der Waals surface area contributed by atoms with Gasteiger partial charge in [0.15, 0.2) is 5.79 Å². The first-order valence-corrected chi connectivity index (χ1v) is 13.4. The first-order valence-electron chi connectivity index (χ1n) is 13.4. The van der Waals surface area contributed by atoms with E-state index in [-0.39, 0.29) is 204 Å². The fourth-order valence-corrected chi connectivity index (χ4v) is 4.43. The van der Waals surface area contributed by atoms with Gasteiger partial charge in [-0.2, -0.15) is 15.0 Å². The number of carboxylic acids is 2. The van der Waals surface area contributed by atoms with Crippen LogP contribution < -0.4 is 217 Å². The fraction of sp³-hybridized carbons (Fsp3) is 0.458. The molecule has 0 radical (unpaired) electrons. The maximum atomic E-state index is 11.9. The van der Waals surface area contributed by atoms with Gasteiger partial charge in [-0.05, 0) is 31.2 Å². The van der Waals surface area contributed by atoms with Gasteiger partial charge in [0, 0.05) is 36.9 Å². The number of carbonyl (C=O) groups excluding carboxylic acids is 2. The molecular weight excluding hydrogens is 702 g/mol. The zero-order chi connectivity index (χ0) is 31.9. The molecule has 2 saturated heterocycles. The van der Waals surface area contributed by atoms with Gasteiger partial charge < -0.3 is 61.4 Å². The van der Waals surface area contributed by atoms with Crippen molar-refractivity contribution < 1.29 is 194 Å². The van der Waals surface area contributed by atoms with Crippen molar-refractivity contribution in [3.05, 3.63) is 36.6 Å². The molecule has 5 unspecified atom stereocenters. The van der Waals surface area contributed by atoms with E-state index >= 15 is 0 Å². The SMILES string of the molecule is C=C(O[O-])C(C)Nc1nc(NCCO)nc(Nc2ccc(NC3NC(NCCO)NC4(N3)NC4(CC(=O)[O-])C(=O)[O-])cc2)n1.[K+].[K+].[K+]. The minimum absolute atomic E-state index is 0. The first-order chi connectivity index (χ1) is 21.0. The Balaban J connectivity index is 0.00000368. The Kier molecular flexibility index (Phi) is 20.5. The van der Waals surface area contributed by atoms with E-state index in [0.29, 0.717) is 11.4 Å². The molecule has 47 heavy (non-hydrogen) atoms. The molecule has 5 atom stereocenters. The first kappa shape index (κ1) is 45.5. The molecule has 0 amide bonds. The molecule has 4 rings (SSSR count). The van der Waals surface area contributed by atoms with Crippen LogP contribution in [0, 0.1) is 0 Å². The van der Waals surface area contributed by atoms with Gasteiger partial charge in [-0.3, -0.25) is 26.6 Å². The number of aliphatic hydroxyl groups excluding tert-OH is 2. The number of benzene rings is 1. The van der Waals surface area contributed by atoms with Gasteiger partial charge >= 0.3 is 154 Å². The number of carbonyl (C=O) groups is 2. The molecule has 0 saturated carbocycles. The molecule has 2 aliphatic heterocycles. The average molecular weight is 735 g/mol. The van der Waals surface area contributed by atoms with Crippen LogP contribution in [0.15, 0.2) is 36.6 Å². The van der Waals surface area contributed by atoms with Crippen LogP contribution in [0.5, 0.6) is 0 Å². The van der Waals surface area contributed by atoms with Crippen LogP contribution in [0.1, 0.15) is 13.3 Å². The summed E-state index contributed by atoms with van der Waals surface area (Å²) in [7, 11) is 0. The summed E-state index contributed by atoms with van der Waals surface area (Å²) in [5, 5.41) is 78.8. The maximum absolute atomic E-state index is 11.9. The molecule has 0 bridgehead atoms. The van der Waals surface area contributed by atoms with E-state index in [1.807, 2.05) is 0 Å². The molecule has 1 aromatic carbocycles. The zero-order valence-corrected chi connectivity index (χ0v) is 35.8. The number of hydrogen-bond acceptors (Lipinski definition) is 20. The number of aliphatic hydroxyl groups is 2. The molecule has 2 fully saturated rings. The van der Waals surface area contributed by atoms with Crippen molar-refractivity contribution in [2.75, 3.05) is 47.6 Å². The Morgan fingerprint density at radius 3 is 2.17 bits per heavy atom. The predicted molar refractivity (Wildman–Crippen MR) is 147 cm³/mol. The molecule has 0 aliphatic carbocycles. The molecule has 11 N–H and O–H groups in total. The summed E-state index contributed by atoms with van der Waals surface area (Å²) in [5.74, 6) is -4.47. The Morgan fingerprint density at radius 2 is 1.57 bits per heavy atom. The summed E-state index contributed by atoms with van der Waals surface area (Å²) in [6, 6.07) is 6.19. The largest absolute Gasteiger partial charge is 1.00 e. The summed E-state index contributed by atoms with van der Waals surface area (Å²) in [6.45, 7) is 5.11. The Hall–Kier alpha value is 0.499. The van der Waals surface area contributed by atoms with Crippen molar-refractivity contribution in [3.63, 3.8) is 0 Å². The molecule has 2 aliphatic rings. The van der Waals surface area contributed by atoms with Gasteiger partial charge in [0.2, 0.25) is 17.8 Å². The van der Waals surface area contributed by atoms with E-state index in [1.165, 1.54) is 0 Å². The van der Waals surface area contributed by atoms with Gasteiger partial charge in [0.05, 0.1) is 25.2 Å². The predicted octanol–water partition coefficient (Wildman–Crippen LogP) is -15.1. The second-order valence-corrected chi connectivity index (χ2v) is 9.83. The van der Waals surface area contributed by atoms with Crippen molar-refractivity contribution in [2.45, 2.75) is 43.3 Å². The smallest absolute Gasteiger partial charge is 0.664 e. The van der Waals surface area contributed by atoms with Gasteiger partial charge in [-0.15, -0.1) is 0 Å². The van der Waals surface area contributed by atoms with E-state index in [2.05, 4.69) is 74.3 Å². The molecule has 1 spiro atoms. The van der Waals surface area contributed by atoms with Crippen LogP contribution in [0.25, 0.3) is 0 Å². The quantitative estimate of drug-likeness (QED) is 0.0236. The summed E-state index contributed by atoms with van der Waals surface area (Å²) in [6.07, 6.45) is -2.41. The molecule has 2 aromatic rings. The molecular formula is C24H33K3N12O8. The van der Waals surface area contributed by atoms with Crippen molar-refractivity contribution in [3.8, 4) is 0 Å². The fourth-order valence-electron chi connectivity index (χ4n) is 4.43. The minimum Gasteiger partial charge on any atom is -0.664 e. The summed E-state index contributed by atoms with van der Waals surface area (Å²) in [5.41, 5.74) is -0.844. The van der Waals surface area contributed by atoms with Crippen molar-refractivity contribution >= 4 is 41.2 Å². The second kappa shape index (κ2) is 21.1. The van der Waals surface area contributed by atoms with Crippen molar-refractivity contribution in [1.82, 2.24) is 41.5 Å². The maximum Gasteiger partial charge on any atom is 1.00 e. The molecule has 20 nitrogen and oxygen atoms in total. The number of nitrogens with one attached hydrogen (secondary N) is 9. The Bertz CT molecular complexity index is 1350. The van der Waals surface area contributed by atoms with Crippen molar-refractivity contribution in [2.24, 2.45) is 0 Å². The standard InChI is InChI=1S/C24H36N12O8.3K/c1-12(13(2)44-43)27-20-30-18(25-7-9-37)31-21(33-20)28-14-3-5-15(6-4-14)29-22-32-19(26-8-10-38)34-24(35-22)23(36-24,17(41)42)11-16(39)40;;;/h3-6,12,19,22,26,29,32,34-38,43H,2,7-11H2,1H3,(H,39,40)(H,41,42)(H3,25,27,28,30,31,33);;;/q;3*+1/p-3.